The molecule has 0 spiro atoms. The van der Waals surface area contributed by atoms with Crippen molar-refractivity contribution in [2.45, 2.75) is 26.7 Å². The van der Waals surface area contributed by atoms with Crippen molar-refractivity contribution < 1.29 is 4.79 Å². The standard InChI is InChI=1S/C9H17NO/c1-3-4-9(11)8-6-10-5-7(8)2/h7-8,10H,3-6H2,1-2H3. The molecule has 64 valence electrons. The molecule has 1 N–H and O–H groups in total. The van der Waals surface area contributed by atoms with Crippen LogP contribution in [0.2, 0.25) is 0 Å². The van der Waals surface area contributed by atoms with Crippen LogP contribution in [-0.2, 0) is 4.79 Å². The van der Waals surface area contributed by atoms with Crippen molar-refractivity contribution in [2.75, 3.05) is 13.1 Å². The fourth-order valence-corrected chi connectivity index (χ4v) is 1.67. The molecule has 0 radical (unpaired) electrons. The third-order valence-corrected chi connectivity index (χ3v) is 2.43. The Labute approximate surface area is 68.4 Å². The fraction of sp³-hybridized carbons (Fsp3) is 0.889. The van der Waals surface area contributed by atoms with Crippen molar-refractivity contribution in [2.24, 2.45) is 11.8 Å². The smallest absolute Gasteiger partial charge is 0.137 e. The molecule has 0 aromatic heterocycles. The first-order valence-corrected chi connectivity index (χ1v) is 4.49. The third kappa shape index (κ3) is 2.03. The Balaban J connectivity index is 2.39. The van der Waals surface area contributed by atoms with Crippen LogP contribution in [0.1, 0.15) is 26.7 Å². The lowest BCUT2D eigenvalue weighted by Gasteiger charge is -2.11. The fourth-order valence-electron chi connectivity index (χ4n) is 1.67. The van der Waals surface area contributed by atoms with E-state index in [1.165, 1.54) is 0 Å². The number of hydrogen-bond acceptors (Lipinski definition) is 2. The molecule has 0 aromatic rings. The largest absolute Gasteiger partial charge is 0.316 e. The van der Waals surface area contributed by atoms with Gasteiger partial charge in [0.2, 0.25) is 0 Å². The lowest BCUT2D eigenvalue weighted by atomic mass is 9.91. The highest BCUT2D eigenvalue weighted by Crippen LogP contribution is 2.18. The van der Waals surface area contributed by atoms with Gasteiger partial charge in [0, 0.05) is 18.9 Å². The van der Waals surface area contributed by atoms with Gasteiger partial charge in [-0.05, 0) is 18.9 Å². The molecule has 1 heterocycles. The van der Waals surface area contributed by atoms with Crippen molar-refractivity contribution in [1.82, 2.24) is 5.32 Å². The second-order valence-electron chi connectivity index (χ2n) is 3.46. The maximum Gasteiger partial charge on any atom is 0.137 e. The molecule has 0 saturated carbocycles. The summed E-state index contributed by atoms with van der Waals surface area (Å²) >= 11 is 0. The molecule has 2 unspecified atom stereocenters. The van der Waals surface area contributed by atoms with E-state index in [0.717, 1.165) is 25.9 Å². The van der Waals surface area contributed by atoms with Gasteiger partial charge >= 0.3 is 0 Å². The summed E-state index contributed by atoms with van der Waals surface area (Å²) in [5.41, 5.74) is 0. The highest BCUT2D eigenvalue weighted by atomic mass is 16.1. The average Bonchev–Trinajstić information content (AvgIpc) is 2.36. The molecule has 0 aliphatic carbocycles. The number of hydrogen-bond donors (Lipinski definition) is 1. The Morgan fingerprint density at radius 3 is 2.73 bits per heavy atom. The van der Waals surface area contributed by atoms with Crippen LogP contribution in [0, 0.1) is 11.8 Å². The second kappa shape index (κ2) is 3.86. The van der Waals surface area contributed by atoms with Crippen LogP contribution in [0.25, 0.3) is 0 Å². The van der Waals surface area contributed by atoms with E-state index >= 15 is 0 Å². The van der Waals surface area contributed by atoms with E-state index in [1.807, 2.05) is 0 Å². The van der Waals surface area contributed by atoms with Crippen LogP contribution >= 0.6 is 0 Å². The average molecular weight is 155 g/mol. The summed E-state index contributed by atoms with van der Waals surface area (Å²) in [5.74, 6) is 1.30. The van der Waals surface area contributed by atoms with Crippen molar-refractivity contribution in [1.29, 1.82) is 0 Å². The molecule has 0 amide bonds. The zero-order chi connectivity index (χ0) is 8.27. The van der Waals surface area contributed by atoms with E-state index in [-0.39, 0.29) is 0 Å². The molecular weight excluding hydrogens is 138 g/mol. The SMILES string of the molecule is CCCC(=O)C1CNCC1C. The van der Waals surface area contributed by atoms with Gasteiger partial charge in [-0.15, -0.1) is 0 Å². The van der Waals surface area contributed by atoms with Crippen molar-refractivity contribution in [3.63, 3.8) is 0 Å². The molecule has 1 saturated heterocycles. The number of ketones is 1. The monoisotopic (exact) mass is 155 g/mol. The Bertz CT molecular complexity index is 144. The zero-order valence-corrected chi connectivity index (χ0v) is 7.39. The van der Waals surface area contributed by atoms with E-state index in [2.05, 4.69) is 19.2 Å². The maximum absolute atomic E-state index is 11.4. The van der Waals surface area contributed by atoms with Gasteiger partial charge in [-0.3, -0.25) is 4.79 Å². The molecule has 1 rings (SSSR count). The molecule has 0 bridgehead atoms. The van der Waals surface area contributed by atoms with Gasteiger partial charge in [0.1, 0.15) is 5.78 Å². The highest BCUT2D eigenvalue weighted by Gasteiger charge is 2.28. The molecule has 0 aromatic carbocycles. The summed E-state index contributed by atoms with van der Waals surface area (Å²) in [5, 5.41) is 3.24. The number of carbonyl (C=O) groups excluding carboxylic acids is 1. The van der Waals surface area contributed by atoms with E-state index in [4.69, 9.17) is 0 Å². The van der Waals surface area contributed by atoms with E-state index in [9.17, 15) is 4.79 Å². The summed E-state index contributed by atoms with van der Waals surface area (Å²) in [7, 11) is 0. The number of rotatable bonds is 3. The minimum atomic E-state index is 0.301. The molecule has 11 heavy (non-hydrogen) atoms. The van der Waals surface area contributed by atoms with Gasteiger partial charge in [-0.2, -0.15) is 0 Å². The topological polar surface area (TPSA) is 29.1 Å². The van der Waals surface area contributed by atoms with Gasteiger partial charge in [-0.1, -0.05) is 13.8 Å². The first-order chi connectivity index (χ1) is 5.25. The number of carbonyl (C=O) groups is 1. The summed E-state index contributed by atoms with van der Waals surface area (Å²) in [6, 6.07) is 0. The summed E-state index contributed by atoms with van der Waals surface area (Å²) in [6.07, 6.45) is 1.75. The van der Waals surface area contributed by atoms with E-state index in [0.29, 0.717) is 17.6 Å². The van der Waals surface area contributed by atoms with Crippen LogP contribution in [0.15, 0.2) is 0 Å². The highest BCUT2D eigenvalue weighted by molar-refractivity contribution is 5.81. The summed E-state index contributed by atoms with van der Waals surface area (Å²) in [6.45, 7) is 6.13. The Kier molecular flexibility index (Phi) is 3.06. The maximum atomic E-state index is 11.4. The van der Waals surface area contributed by atoms with Crippen LogP contribution in [-0.4, -0.2) is 18.9 Å². The van der Waals surface area contributed by atoms with Gasteiger partial charge in [-0.25, -0.2) is 0 Å². The quantitative estimate of drug-likeness (QED) is 0.663. The lowest BCUT2D eigenvalue weighted by Crippen LogP contribution is -2.20. The predicted octanol–water partition coefficient (Wildman–Crippen LogP) is 1.21. The summed E-state index contributed by atoms with van der Waals surface area (Å²) < 4.78 is 0. The third-order valence-electron chi connectivity index (χ3n) is 2.43. The van der Waals surface area contributed by atoms with Gasteiger partial charge in [0.05, 0.1) is 0 Å². The number of nitrogens with one attached hydrogen (secondary N) is 1. The molecule has 1 aliphatic heterocycles. The van der Waals surface area contributed by atoms with Crippen molar-refractivity contribution in [3.05, 3.63) is 0 Å². The Morgan fingerprint density at radius 2 is 2.27 bits per heavy atom. The van der Waals surface area contributed by atoms with Crippen molar-refractivity contribution in [3.8, 4) is 0 Å². The van der Waals surface area contributed by atoms with Gasteiger partial charge in [0.15, 0.2) is 0 Å². The Morgan fingerprint density at radius 1 is 1.55 bits per heavy atom. The lowest BCUT2D eigenvalue weighted by molar-refractivity contribution is -0.123. The Hall–Kier alpha value is -0.370. The first kappa shape index (κ1) is 8.72. The second-order valence-corrected chi connectivity index (χ2v) is 3.46. The minimum absolute atomic E-state index is 0.301. The molecular formula is C9H17NO. The van der Waals surface area contributed by atoms with Gasteiger partial charge in [0.25, 0.3) is 0 Å². The molecule has 1 fully saturated rings. The van der Waals surface area contributed by atoms with Crippen LogP contribution < -0.4 is 5.32 Å². The normalized spacial score (nSPS) is 30.7. The van der Waals surface area contributed by atoms with Crippen LogP contribution in [0.5, 0.6) is 0 Å². The van der Waals surface area contributed by atoms with E-state index in [1.54, 1.807) is 0 Å². The molecule has 1 aliphatic rings. The minimum Gasteiger partial charge on any atom is -0.316 e. The van der Waals surface area contributed by atoms with Crippen LogP contribution in [0.4, 0.5) is 0 Å². The molecule has 2 atom stereocenters. The van der Waals surface area contributed by atoms with E-state index < -0.39 is 0 Å². The zero-order valence-electron chi connectivity index (χ0n) is 7.39. The van der Waals surface area contributed by atoms with Gasteiger partial charge < -0.3 is 5.32 Å². The van der Waals surface area contributed by atoms with Crippen LogP contribution in [0.3, 0.4) is 0 Å². The first-order valence-electron chi connectivity index (χ1n) is 4.49. The molecule has 2 nitrogen and oxygen atoms in total. The predicted molar refractivity (Wildman–Crippen MR) is 45.4 cm³/mol. The number of Topliss-reactive ketones (excluding diaryl/α,β-unsaturated/α-hetero) is 1. The van der Waals surface area contributed by atoms with Crippen molar-refractivity contribution >= 4 is 5.78 Å². The molecule has 2 heteroatoms. The summed E-state index contributed by atoms with van der Waals surface area (Å²) in [4.78, 5) is 11.4.